The van der Waals surface area contributed by atoms with Crippen molar-refractivity contribution in [3.8, 4) is 0 Å². The van der Waals surface area contributed by atoms with Crippen molar-refractivity contribution in [3.05, 3.63) is 0 Å². The molecular formula is C18H35NO5Si. The molecule has 2 atom stereocenters. The topological polar surface area (TPSA) is 65.1 Å². The summed E-state index contributed by atoms with van der Waals surface area (Å²) in [7, 11) is -0.649. The number of rotatable bonds is 3. The summed E-state index contributed by atoms with van der Waals surface area (Å²) in [5, 5.41) is 0.0516. The summed E-state index contributed by atoms with van der Waals surface area (Å²) in [6.07, 6.45) is -0.0230. The molecule has 1 rings (SSSR count). The molecule has 1 unspecified atom stereocenters. The van der Waals surface area contributed by atoms with E-state index < -0.39 is 25.9 Å². The zero-order chi connectivity index (χ0) is 19.6. The molecule has 0 aromatic carbocycles. The zero-order valence-electron chi connectivity index (χ0n) is 17.3. The molecule has 1 amide bonds. The number of likely N-dealkylation sites (tertiary alicyclic amines) is 1. The summed E-state index contributed by atoms with van der Waals surface area (Å²) in [5.41, 5.74) is -0.563. The fraction of sp³-hybridized carbons (Fsp3) is 0.889. The molecular weight excluding hydrogens is 338 g/mol. The summed E-state index contributed by atoms with van der Waals surface area (Å²) in [6.45, 7) is 17.1. The summed E-state index contributed by atoms with van der Waals surface area (Å²) in [5.74, 6) is -0.822. The minimum Gasteiger partial charge on any atom is -0.469 e. The molecule has 146 valence electrons. The number of carbonyl (C=O) groups is 2. The van der Waals surface area contributed by atoms with Crippen molar-refractivity contribution >= 4 is 20.4 Å². The average Bonchev–Trinajstić information content (AvgIpc) is 2.43. The molecule has 0 aromatic heterocycles. The number of carbonyl (C=O) groups excluding carboxylic acids is 2. The number of hydrogen-bond donors (Lipinski definition) is 0. The van der Waals surface area contributed by atoms with E-state index in [0.717, 1.165) is 0 Å². The smallest absolute Gasteiger partial charge is 0.410 e. The molecule has 0 aromatic rings. The lowest BCUT2D eigenvalue weighted by Gasteiger charge is -2.44. The van der Waals surface area contributed by atoms with Crippen LogP contribution in [0.5, 0.6) is 0 Å². The van der Waals surface area contributed by atoms with Crippen molar-refractivity contribution in [1.29, 1.82) is 0 Å². The minimum absolute atomic E-state index is 0.0516. The molecule has 0 radical (unpaired) electrons. The van der Waals surface area contributed by atoms with Gasteiger partial charge in [0.05, 0.1) is 19.1 Å². The molecule has 0 aliphatic carbocycles. The molecule has 0 saturated carbocycles. The molecule has 0 spiro atoms. The Bertz CT molecular complexity index is 493. The Hall–Kier alpha value is -1.08. The number of hydrogen-bond acceptors (Lipinski definition) is 5. The van der Waals surface area contributed by atoms with Gasteiger partial charge >= 0.3 is 12.1 Å². The summed E-state index contributed by atoms with van der Waals surface area (Å²) in [6, 6.07) is 0. The number of ether oxygens (including phenoxy) is 2. The highest BCUT2D eigenvalue weighted by Gasteiger charge is 2.45. The van der Waals surface area contributed by atoms with Crippen molar-refractivity contribution in [1.82, 2.24) is 4.90 Å². The molecule has 25 heavy (non-hydrogen) atoms. The van der Waals surface area contributed by atoms with Crippen molar-refractivity contribution < 1.29 is 23.5 Å². The standard InChI is InChI=1S/C18H35NO5Si/c1-17(2,3)23-16(21)19-11-10-14(13(12-19)15(20)22-7)24-25(8,9)18(4,5)6/h13-14H,10-12H2,1-9H3/t13?,14-/m0/s1. The van der Waals surface area contributed by atoms with Crippen LogP contribution in [0.1, 0.15) is 48.0 Å². The van der Waals surface area contributed by atoms with Crippen LogP contribution in [0, 0.1) is 5.92 Å². The Morgan fingerprint density at radius 3 is 2.08 bits per heavy atom. The van der Waals surface area contributed by atoms with E-state index in [2.05, 4.69) is 33.9 Å². The van der Waals surface area contributed by atoms with Gasteiger partial charge in [0, 0.05) is 13.1 Å². The normalized spacial score (nSPS) is 22.5. The SMILES string of the molecule is COC(=O)C1CN(C(=O)OC(C)(C)C)CC[C@@H]1O[Si](C)(C)C(C)(C)C. The van der Waals surface area contributed by atoms with Crippen LogP contribution >= 0.6 is 0 Å². The molecule has 7 heteroatoms. The second-order valence-corrected chi connectivity index (χ2v) is 14.0. The number of piperidine rings is 1. The van der Waals surface area contributed by atoms with Crippen LogP contribution in [0.3, 0.4) is 0 Å². The van der Waals surface area contributed by atoms with Crippen molar-refractivity contribution in [2.75, 3.05) is 20.2 Å². The molecule has 1 saturated heterocycles. The summed E-state index contributed by atoms with van der Waals surface area (Å²) >= 11 is 0. The first-order valence-corrected chi connectivity index (χ1v) is 11.8. The van der Waals surface area contributed by atoms with Crippen LogP contribution in [-0.2, 0) is 18.7 Å². The lowest BCUT2D eigenvalue weighted by molar-refractivity contribution is -0.151. The third-order valence-corrected chi connectivity index (χ3v) is 9.46. The van der Waals surface area contributed by atoms with Gasteiger partial charge in [-0.15, -0.1) is 0 Å². The number of nitrogens with zero attached hydrogens (tertiary/aromatic N) is 1. The van der Waals surface area contributed by atoms with Gasteiger partial charge in [-0.25, -0.2) is 4.79 Å². The van der Waals surface area contributed by atoms with Gasteiger partial charge in [-0.2, -0.15) is 0 Å². The summed E-state index contributed by atoms with van der Waals surface area (Å²) in [4.78, 5) is 26.2. The van der Waals surface area contributed by atoms with Crippen LogP contribution in [0.15, 0.2) is 0 Å². The monoisotopic (exact) mass is 373 g/mol. The maximum atomic E-state index is 12.3. The molecule has 0 N–H and O–H groups in total. The Kier molecular flexibility index (Phi) is 6.73. The van der Waals surface area contributed by atoms with Gasteiger partial charge < -0.3 is 18.8 Å². The van der Waals surface area contributed by atoms with E-state index in [0.29, 0.717) is 13.0 Å². The Balaban J connectivity index is 2.90. The van der Waals surface area contributed by atoms with E-state index >= 15 is 0 Å². The maximum Gasteiger partial charge on any atom is 0.410 e. The summed E-state index contributed by atoms with van der Waals surface area (Å²) < 4.78 is 16.9. The van der Waals surface area contributed by atoms with Gasteiger partial charge in [0.2, 0.25) is 0 Å². The number of esters is 1. The lowest BCUT2D eigenvalue weighted by Crippen LogP contribution is -2.55. The molecule has 0 bridgehead atoms. The van der Waals surface area contributed by atoms with Crippen LogP contribution in [0.2, 0.25) is 18.1 Å². The maximum absolute atomic E-state index is 12.3. The van der Waals surface area contributed by atoms with Crippen LogP contribution in [0.4, 0.5) is 4.79 Å². The van der Waals surface area contributed by atoms with Crippen LogP contribution < -0.4 is 0 Å². The van der Waals surface area contributed by atoms with Crippen LogP contribution in [-0.4, -0.2) is 57.2 Å². The highest BCUT2D eigenvalue weighted by molar-refractivity contribution is 6.74. The first-order valence-electron chi connectivity index (χ1n) is 8.91. The zero-order valence-corrected chi connectivity index (χ0v) is 18.3. The Morgan fingerprint density at radius 1 is 1.08 bits per heavy atom. The first kappa shape index (κ1) is 22.0. The van der Waals surface area contributed by atoms with Crippen molar-refractivity contribution in [2.45, 2.75) is 77.8 Å². The second-order valence-electron chi connectivity index (χ2n) is 9.26. The van der Waals surface area contributed by atoms with E-state index in [9.17, 15) is 9.59 Å². The average molecular weight is 374 g/mol. The highest BCUT2D eigenvalue weighted by Crippen LogP contribution is 2.39. The highest BCUT2D eigenvalue weighted by atomic mass is 28.4. The molecule has 6 nitrogen and oxygen atoms in total. The predicted molar refractivity (Wildman–Crippen MR) is 100 cm³/mol. The van der Waals surface area contributed by atoms with Gasteiger partial charge in [-0.3, -0.25) is 4.79 Å². The van der Waals surface area contributed by atoms with Crippen molar-refractivity contribution in [2.24, 2.45) is 5.92 Å². The molecule has 1 aliphatic rings. The number of methoxy groups -OCH3 is 1. The van der Waals surface area contributed by atoms with E-state index in [1.165, 1.54) is 7.11 Å². The van der Waals surface area contributed by atoms with Gasteiger partial charge in [-0.1, -0.05) is 20.8 Å². The second kappa shape index (κ2) is 7.66. The van der Waals surface area contributed by atoms with E-state index in [4.69, 9.17) is 13.9 Å². The molecule has 1 aliphatic heterocycles. The van der Waals surface area contributed by atoms with Gasteiger partial charge in [-0.05, 0) is 45.3 Å². The molecule has 1 fully saturated rings. The quantitative estimate of drug-likeness (QED) is 0.556. The van der Waals surface area contributed by atoms with Crippen molar-refractivity contribution in [3.63, 3.8) is 0 Å². The van der Waals surface area contributed by atoms with Gasteiger partial charge in [0.1, 0.15) is 5.60 Å². The Morgan fingerprint density at radius 2 is 1.64 bits per heavy atom. The van der Waals surface area contributed by atoms with Gasteiger partial charge in [0.15, 0.2) is 8.32 Å². The molecule has 1 heterocycles. The first-order chi connectivity index (χ1) is 11.2. The number of amides is 1. The Labute approximate surface area is 153 Å². The van der Waals surface area contributed by atoms with E-state index in [1.54, 1.807) is 4.90 Å². The lowest BCUT2D eigenvalue weighted by atomic mass is 9.95. The van der Waals surface area contributed by atoms with E-state index in [1.807, 2.05) is 20.8 Å². The fourth-order valence-electron chi connectivity index (χ4n) is 2.50. The largest absolute Gasteiger partial charge is 0.469 e. The third kappa shape index (κ3) is 5.99. The fourth-order valence-corrected chi connectivity index (χ4v) is 3.89. The van der Waals surface area contributed by atoms with Crippen LogP contribution in [0.25, 0.3) is 0 Å². The van der Waals surface area contributed by atoms with Gasteiger partial charge in [0.25, 0.3) is 0 Å². The minimum atomic E-state index is -2.02. The predicted octanol–water partition coefficient (Wildman–Crippen LogP) is 3.81. The van der Waals surface area contributed by atoms with E-state index in [-0.39, 0.29) is 23.7 Å². The third-order valence-electron chi connectivity index (χ3n) is 4.96.